The van der Waals surface area contributed by atoms with Crippen molar-refractivity contribution in [3.8, 4) is 0 Å². The second-order valence-electron chi connectivity index (χ2n) is 4.09. The Morgan fingerprint density at radius 3 is 2.79 bits per heavy atom. The Hall–Kier alpha value is -0.900. The number of carboxylic acid groups (broad SMARTS) is 1. The van der Waals surface area contributed by atoms with Crippen LogP contribution in [0.1, 0.15) is 23.4 Å². The molecular weight excluding hydrogens is 342 g/mol. The van der Waals surface area contributed by atoms with E-state index in [0.29, 0.717) is 19.6 Å². The molecule has 2 N–H and O–H groups in total. The van der Waals surface area contributed by atoms with Crippen molar-refractivity contribution in [2.75, 3.05) is 13.2 Å². The first-order chi connectivity index (χ1) is 8.90. The lowest BCUT2D eigenvalue weighted by Crippen LogP contribution is -2.40. The summed E-state index contributed by atoms with van der Waals surface area (Å²) in [7, 11) is -3.84. The van der Waals surface area contributed by atoms with Crippen molar-refractivity contribution in [1.82, 2.24) is 4.72 Å². The van der Waals surface area contributed by atoms with Gasteiger partial charge in [-0.25, -0.2) is 17.9 Å². The molecule has 9 heteroatoms. The molecule has 1 aliphatic heterocycles. The third-order valence-electron chi connectivity index (χ3n) is 2.64. The van der Waals surface area contributed by atoms with Crippen molar-refractivity contribution in [2.45, 2.75) is 23.8 Å². The zero-order valence-electron chi connectivity index (χ0n) is 9.76. The highest BCUT2D eigenvalue weighted by Crippen LogP contribution is 2.26. The smallest absolute Gasteiger partial charge is 0.371 e. The largest absolute Gasteiger partial charge is 0.475 e. The van der Waals surface area contributed by atoms with E-state index in [-0.39, 0.29) is 15.6 Å². The van der Waals surface area contributed by atoms with E-state index in [4.69, 9.17) is 14.3 Å². The molecule has 2 heterocycles. The van der Waals surface area contributed by atoms with Gasteiger partial charge in [-0.1, -0.05) is 0 Å². The van der Waals surface area contributed by atoms with Gasteiger partial charge in [0.2, 0.25) is 15.8 Å². The number of sulfonamides is 1. The van der Waals surface area contributed by atoms with E-state index in [0.717, 1.165) is 12.5 Å². The third-order valence-corrected chi connectivity index (χ3v) is 5.02. The number of carbonyl (C=O) groups is 1. The summed E-state index contributed by atoms with van der Waals surface area (Å²) in [6.45, 7) is 0.928. The second-order valence-corrected chi connectivity index (χ2v) is 6.49. The van der Waals surface area contributed by atoms with Crippen molar-refractivity contribution in [1.29, 1.82) is 0 Å². The standard InChI is InChI=1S/C10H12BrNO6S/c11-9-8(4-7(18-9)10(13)14)19(15,16)12-6-2-1-3-17-5-6/h4,6,12H,1-3,5H2,(H,13,14). The Labute approximate surface area is 118 Å². The molecule has 7 nitrogen and oxygen atoms in total. The zero-order chi connectivity index (χ0) is 14.0. The van der Waals surface area contributed by atoms with Gasteiger partial charge in [-0.15, -0.1) is 0 Å². The highest BCUT2D eigenvalue weighted by Gasteiger charge is 2.28. The van der Waals surface area contributed by atoms with Crippen LogP contribution in [0.4, 0.5) is 0 Å². The average molecular weight is 354 g/mol. The zero-order valence-corrected chi connectivity index (χ0v) is 12.2. The first-order valence-electron chi connectivity index (χ1n) is 5.53. The Bertz CT molecular complexity index is 575. The molecule has 0 amide bonds. The number of nitrogens with one attached hydrogen (secondary N) is 1. The average Bonchev–Trinajstić information content (AvgIpc) is 2.73. The van der Waals surface area contributed by atoms with Gasteiger partial charge in [0.25, 0.3) is 0 Å². The number of halogens is 1. The van der Waals surface area contributed by atoms with Crippen LogP contribution in [0.3, 0.4) is 0 Å². The summed E-state index contributed by atoms with van der Waals surface area (Å²) in [6, 6.07) is 0.659. The molecule has 1 aliphatic rings. The van der Waals surface area contributed by atoms with Crippen LogP contribution in [0.5, 0.6) is 0 Å². The van der Waals surface area contributed by atoms with Crippen molar-refractivity contribution < 1.29 is 27.5 Å². The highest BCUT2D eigenvalue weighted by molar-refractivity contribution is 9.10. The van der Waals surface area contributed by atoms with Gasteiger partial charge in [-0.2, -0.15) is 0 Å². The lowest BCUT2D eigenvalue weighted by atomic mass is 10.1. The quantitative estimate of drug-likeness (QED) is 0.842. The van der Waals surface area contributed by atoms with E-state index in [9.17, 15) is 13.2 Å². The number of hydrogen-bond acceptors (Lipinski definition) is 5. The number of aromatic carboxylic acids is 1. The fourth-order valence-corrected chi connectivity index (χ4v) is 3.95. The third kappa shape index (κ3) is 3.35. The summed E-state index contributed by atoms with van der Waals surface area (Å²) < 4.78 is 36.6. The molecule has 1 aromatic rings. The molecule has 2 rings (SSSR count). The van der Waals surface area contributed by atoms with Crippen LogP contribution >= 0.6 is 15.9 Å². The van der Waals surface area contributed by atoms with Crippen LogP contribution in [0, 0.1) is 0 Å². The van der Waals surface area contributed by atoms with Gasteiger partial charge < -0.3 is 14.3 Å². The van der Waals surface area contributed by atoms with Gasteiger partial charge in [0.15, 0.2) is 4.67 Å². The molecule has 0 saturated carbocycles. The molecule has 0 radical (unpaired) electrons. The second kappa shape index (κ2) is 5.61. The van der Waals surface area contributed by atoms with Crippen LogP contribution in [0.15, 0.2) is 20.0 Å². The van der Waals surface area contributed by atoms with Crippen molar-refractivity contribution in [3.63, 3.8) is 0 Å². The van der Waals surface area contributed by atoms with E-state index < -0.39 is 21.8 Å². The topological polar surface area (TPSA) is 106 Å². The number of rotatable bonds is 4. The molecule has 1 saturated heterocycles. The van der Waals surface area contributed by atoms with Crippen molar-refractivity contribution in [3.05, 3.63) is 16.5 Å². The van der Waals surface area contributed by atoms with Crippen LogP contribution in [-0.4, -0.2) is 38.7 Å². The van der Waals surface area contributed by atoms with Gasteiger partial charge in [-0.3, -0.25) is 0 Å². The normalized spacial score (nSPS) is 20.4. The first kappa shape index (κ1) is 14.5. The van der Waals surface area contributed by atoms with Crippen LogP contribution in [0.2, 0.25) is 0 Å². The lowest BCUT2D eigenvalue weighted by Gasteiger charge is -2.22. The molecule has 0 aromatic carbocycles. The maximum atomic E-state index is 12.1. The minimum atomic E-state index is -3.84. The van der Waals surface area contributed by atoms with Gasteiger partial charge in [0.05, 0.1) is 6.61 Å². The van der Waals surface area contributed by atoms with E-state index in [1.807, 2.05) is 0 Å². The van der Waals surface area contributed by atoms with Crippen LogP contribution < -0.4 is 4.72 Å². The van der Waals surface area contributed by atoms with E-state index in [2.05, 4.69) is 20.7 Å². The number of ether oxygens (including phenoxy) is 1. The van der Waals surface area contributed by atoms with Gasteiger partial charge in [-0.05, 0) is 28.8 Å². The summed E-state index contributed by atoms with van der Waals surface area (Å²) in [5, 5.41) is 8.76. The molecular formula is C10H12BrNO6S. The summed E-state index contributed by atoms with van der Waals surface area (Å²) >= 11 is 2.91. The van der Waals surface area contributed by atoms with Crippen LogP contribution in [-0.2, 0) is 14.8 Å². The predicted octanol–water partition coefficient (Wildman–Crippen LogP) is 1.20. The predicted molar refractivity (Wildman–Crippen MR) is 67.5 cm³/mol. The number of hydrogen-bond donors (Lipinski definition) is 2. The molecule has 1 aromatic heterocycles. The summed E-state index contributed by atoms with van der Waals surface area (Å²) in [6.07, 6.45) is 1.46. The minimum Gasteiger partial charge on any atom is -0.475 e. The molecule has 19 heavy (non-hydrogen) atoms. The maximum absolute atomic E-state index is 12.1. The SMILES string of the molecule is O=C(O)c1cc(S(=O)(=O)NC2CCCOC2)c(Br)o1. The molecule has 1 unspecified atom stereocenters. The number of carboxylic acids is 1. The Morgan fingerprint density at radius 2 is 2.26 bits per heavy atom. The number of furan rings is 1. The highest BCUT2D eigenvalue weighted by atomic mass is 79.9. The summed E-state index contributed by atoms with van der Waals surface area (Å²) in [4.78, 5) is 10.5. The van der Waals surface area contributed by atoms with Crippen molar-refractivity contribution in [2.24, 2.45) is 0 Å². The fraction of sp³-hybridized carbons (Fsp3) is 0.500. The Morgan fingerprint density at radius 1 is 1.53 bits per heavy atom. The molecule has 106 valence electrons. The minimum absolute atomic E-state index is 0.130. The van der Waals surface area contributed by atoms with E-state index in [1.54, 1.807) is 0 Å². The molecule has 0 aliphatic carbocycles. The van der Waals surface area contributed by atoms with Crippen LogP contribution in [0.25, 0.3) is 0 Å². The lowest BCUT2D eigenvalue weighted by molar-refractivity contribution is 0.0661. The monoisotopic (exact) mass is 353 g/mol. The van der Waals surface area contributed by atoms with Crippen molar-refractivity contribution >= 4 is 31.9 Å². The van der Waals surface area contributed by atoms with Gasteiger partial charge in [0, 0.05) is 18.7 Å². The maximum Gasteiger partial charge on any atom is 0.371 e. The molecule has 0 bridgehead atoms. The Balaban J connectivity index is 2.21. The first-order valence-corrected chi connectivity index (χ1v) is 7.80. The van der Waals surface area contributed by atoms with E-state index in [1.165, 1.54) is 0 Å². The molecule has 1 fully saturated rings. The summed E-state index contributed by atoms with van der Waals surface area (Å²) in [5.74, 6) is -1.77. The van der Waals surface area contributed by atoms with Gasteiger partial charge >= 0.3 is 5.97 Å². The Kier molecular flexibility index (Phi) is 4.29. The fourth-order valence-electron chi connectivity index (χ4n) is 1.76. The molecule has 1 atom stereocenters. The summed E-state index contributed by atoms with van der Waals surface area (Å²) in [5.41, 5.74) is 0. The van der Waals surface area contributed by atoms with E-state index >= 15 is 0 Å². The molecule has 0 spiro atoms. The van der Waals surface area contributed by atoms with Gasteiger partial charge in [0.1, 0.15) is 4.90 Å².